The average molecular weight is 436 g/mol. The van der Waals surface area contributed by atoms with Crippen LogP contribution in [0.15, 0.2) is 60.7 Å². The molecule has 156 valence electrons. The topological polar surface area (TPSA) is 80.8 Å². The number of fused-ring (bicyclic) bond motifs is 5. The van der Waals surface area contributed by atoms with Gasteiger partial charge in [0.15, 0.2) is 12.4 Å². The van der Waals surface area contributed by atoms with E-state index in [0.717, 1.165) is 6.42 Å². The molecule has 2 fully saturated rings. The Morgan fingerprint density at radius 3 is 2.23 bits per heavy atom. The number of allylic oxidation sites excluding steroid dienone is 2. The number of anilines is 1. The fraction of sp³-hybridized carbons (Fsp3) is 0.250. The van der Waals surface area contributed by atoms with Crippen molar-refractivity contribution in [2.45, 2.75) is 6.42 Å². The molecule has 2 aliphatic carbocycles. The molecule has 0 aromatic heterocycles. The van der Waals surface area contributed by atoms with Crippen LogP contribution in [-0.4, -0.2) is 30.2 Å². The minimum absolute atomic E-state index is 0.114. The number of imide groups is 1. The molecule has 2 amide bonds. The van der Waals surface area contributed by atoms with Gasteiger partial charge in [-0.3, -0.25) is 14.4 Å². The van der Waals surface area contributed by atoms with Gasteiger partial charge in [0.25, 0.3) is 0 Å². The molecule has 0 unspecified atom stereocenters. The van der Waals surface area contributed by atoms with Gasteiger partial charge in [-0.2, -0.15) is 0 Å². The Morgan fingerprint density at radius 1 is 0.935 bits per heavy atom. The van der Waals surface area contributed by atoms with E-state index < -0.39 is 12.6 Å². The molecule has 1 saturated heterocycles. The van der Waals surface area contributed by atoms with Crippen LogP contribution in [0, 0.1) is 23.7 Å². The van der Waals surface area contributed by atoms with Crippen LogP contribution in [0.4, 0.5) is 5.69 Å². The first-order chi connectivity index (χ1) is 14.9. The molecule has 1 aliphatic heterocycles. The number of esters is 1. The summed E-state index contributed by atoms with van der Waals surface area (Å²) in [5.41, 5.74) is 0.899. The first-order valence-electron chi connectivity index (χ1n) is 10.1. The number of amides is 2. The first kappa shape index (κ1) is 19.7. The molecule has 4 atom stereocenters. The maximum Gasteiger partial charge on any atom is 0.338 e. The van der Waals surface area contributed by atoms with E-state index in [-0.39, 0.29) is 46.8 Å². The van der Waals surface area contributed by atoms with Gasteiger partial charge in [-0.25, -0.2) is 9.69 Å². The average Bonchev–Trinajstić information content (AvgIpc) is 3.46. The normalized spacial score (nSPS) is 25.8. The van der Waals surface area contributed by atoms with Gasteiger partial charge < -0.3 is 4.74 Å². The van der Waals surface area contributed by atoms with Crippen molar-refractivity contribution < 1.29 is 23.9 Å². The van der Waals surface area contributed by atoms with Gasteiger partial charge >= 0.3 is 5.97 Å². The second-order valence-corrected chi connectivity index (χ2v) is 8.50. The Morgan fingerprint density at radius 2 is 1.58 bits per heavy atom. The number of ketones is 1. The van der Waals surface area contributed by atoms with Crippen LogP contribution in [0.2, 0.25) is 5.02 Å². The summed E-state index contributed by atoms with van der Waals surface area (Å²) < 4.78 is 5.14. The van der Waals surface area contributed by atoms with E-state index in [1.54, 1.807) is 36.4 Å². The van der Waals surface area contributed by atoms with E-state index in [9.17, 15) is 19.2 Å². The minimum atomic E-state index is -0.704. The van der Waals surface area contributed by atoms with Gasteiger partial charge in [-0.15, -0.1) is 0 Å². The molecule has 2 aromatic rings. The lowest BCUT2D eigenvalue weighted by Gasteiger charge is -2.18. The van der Waals surface area contributed by atoms with Gasteiger partial charge in [0.05, 0.1) is 23.1 Å². The summed E-state index contributed by atoms with van der Waals surface area (Å²) in [4.78, 5) is 51.8. The van der Waals surface area contributed by atoms with Crippen molar-refractivity contribution in [3.63, 3.8) is 0 Å². The lowest BCUT2D eigenvalue weighted by atomic mass is 9.85. The van der Waals surface area contributed by atoms with Crippen molar-refractivity contribution in [2.24, 2.45) is 23.7 Å². The van der Waals surface area contributed by atoms with Crippen LogP contribution in [0.5, 0.6) is 0 Å². The summed E-state index contributed by atoms with van der Waals surface area (Å²) in [5, 5.41) is 0.504. The molecule has 0 spiro atoms. The van der Waals surface area contributed by atoms with E-state index >= 15 is 0 Å². The Kier molecular flexibility index (Phi) is 4.74. The molecule has 3 aliphatic rings. The summed E-state index contributed by atoms with van der Waals surface area (Å²) in [7, 11) is 0. The number of ether oxygens (including phenoxy) is 1. The van der Waals surface area contributed by atoms with Crippen molar-refractivity contribution in [3.8, 4) is 0 Å². The highest BCUT2D eigenvalue weighted by atomic mass is 35.5. The SMILES string of the molecule is O=C(COC(=O)c1cccc(N2C(=O)[C@@H]3[C@@H](C2=O)[C@H]2C=C[C@@H]3C2)c1)c1ccc(Cl)cc1. The van der Waals surface area contributed by atoms with Crippen molar-refractivity contribution in [1.82, 2.24) is 0 Å². The van der Waals surface area contributed by atoms with Crippen LogP contribution < -0.4 is 4.90 Å². The second-order valence-electron chi connectivity index (χ2n) is 8.07. The molecule has 1 heterocycles. The van der Waals surface area contributed by atoms with Crippen molar-refractivity contribution >= 4 is 40.9 Å². The number of carbonyl (C=O) groups excluding carboxylic acids is 4. The fourth-order valence-electron chi connectivity index (χ4n) is 4.86. The van der Waals surface area contributed by atoms with Crippen molar-refractivity contribution in [2.75, 3.05) is 11.5 Å². The summed E-state index contributed by atoms with van der Waals surface area (Å²) in [6, 6.07) is 12.5. The number of carbonyl (C=O) groups is 4. The van der Waals surface area contributed by atoms with Crippen LogP contribution in [-0.2, 0) is 14.3 Å². The Labute approximate surface area is 183 Å². The van der Waals surface area contributed by atoms with Gasteiger partial charge in [0.2, 0.25) is 11.8 Å². The van der Waals surface area contributed by atoms with Gasteiger partial charge in [0, 0.05) is 10.6 Å². The summed E-state index contributed by atoms with van der Waals surface area (Å²) >= 11 is 5.81. The second kappa shape index (κ2) is 7.46. The van der Waals surface area contributed by atoms with Gasteiger partial charge in [0.1, 0.15) is 0 Å². The smallest absolute Gasteiger partial charge is 0.338 e. The molecule has 0 radical (unpaired) electrons. The molecule has 6 nitrogen and oxygen atoms in total. The number of nitrogens with zero attached hydrogens (tertiary/aromatic N) is 1. The quantitative estimate of drug-likeness (QED) is 0.309. The van der Waals surface area contributed by atoms with Crippen molar-refractivity contribution in [1.29, 1.82) is 0 Å². The Hall–Kier alpha value is -3.25. The standard InChI is InChI=1S/C24H18ClNO5/c25-17-8-6-13(7-9-17)19(27)12-31-24(30)16-2-1-3-18(11-16)26-22(28)20-14-4-5-15(10-14)21(20)23(26)29/h1-9,11,14-15,20-21H,10,12H2/t14-,15+,20-,21-/m0/s1. The third-order valence-corrected chi connectivity index (χ3v) is 6.56. The number of benzene rings is 2. The number of hydrogen-bond acceptors (Lipinski definition) is 5. The summed E-state index contributed by atoms with van der Waals surface area (Å²) in [6.45, 7) is -0.425. The fourth-order valence-corrected chi connectivity index (χ4v) is 4.99. The van der Waals surface area contributed by atoms with Crippen LogP contribution in [0.3, 0.4) is 0 Å². The highest BCUT2D eigenvalue weighted by molar-refractivity contribution is 6.30. The summed E-state index contributed by atoms with van der Waals surface area (Å²) in [5.74, 6) is -1.88. The monoisotopic (exact) mass is 435 g/mol. The molecular formula is C24H18ClNO5. The number of halogens is 1. The third kappa shape index (κ3) is 3.27. The highest BCUT2D eigenvalue weighted by Gasteiger charge is 2.59. The number of Topliss-reactive ketones (excluding diaryl/α,β-unsaturated/α-hetero) is 1. The molecule has 7 heteroatoms. The highest BCUT2D eigenvalue weighted by Crippen LogP contribution is 2.53. The lowest BCUT2D eigenvalue weighted by Crippen LogP contribution is -2.33. The van der Waals surface area contributed by atoms with Gasteiger partial charge in [-0.05, 0) is 60.7 Å². The predicted octanol–water partition coefficient (Wildman–Crippen LogP) is 3.69. The van der Waals surface area contributed by atoms with Crippen LogP contribution >= 0.6 is 11.6 Å². The third-order valence-electron chi connectivity index (χ3n) is 6.31. The van der Waals surface area contributed by atoms with E-state index in [4.69, 9.17) is 16.3 Å². The zero-order chi connectivity index (χ0) is 21.7. The van der Waals surface area contributed by atoms with Crippen molar-refractivity contribution in [3.05, 3.63) is 76.8 Å². The molecule has 2 bridgehead atoms. The molecule has 5 rings (SSSR count). The molecule has 0 N–H and O–H groups in total. The van der Waals surface area contributed by atoms with E-state index in [1.807, 2.05) is 12.2 Å². The maximum atomic E-state index is 13.0. The maximum absolute atomic E-state index is 13.0. The minimum Gasteiger partial charge on any atom is -0.454 e. The predicted molar refractivity (Wildman–Crippen MR) is 113 cm³/mol. The zero-order valence-electron chi connectivity index (χ0n) is 16.4. The summed E-state index contributed by atoms with van der Waals surface area (Å²) in [6.07, 6.45) is 4.92. The molecule has 2 aromatic carbocycles. The zero-order valence-corrected chi connectivity index (χ0v) is 17.1. The number of hydrogen-bond donors (Lipinski definition) is 0. The number of rotatable bonds is 5. The lowest BCUT2D eigenvalue weighted by molar-refractivity contribution is -0.123. The Balaban J connectivity index is 1.30. The van der Waals surface area contributed by atoms with E-state index in [1.165, 1.54) is 17.0 Å². The Bertz CT molecular complexity index is 1110. The van der Waals surface area contributed by atoms with Gasteiger partial charge in [-0.1, -0.05) is 29.8 Å². The van der Waals surface area contributed by atoms with Crippen LogP contribution in [0.1, 0.15) is 27.1 Å². The van der Waals surface area contributed by atoms with E-state index in [2.05, 4.69) is 0 Å². The molecule has 31 heavy (non-hydrogen) atoms. The first-order valence-corrected chi connectivity index (χ1v) is 10.4. The van der Waals surface area contributed by atoms with E-state index in [0.29, 0.717) is 16.3 Å². The largest absolute Gasteiger partial charge is 0.454 e. The molecule has 1 saturated carbocycles. The molecular weight excluding hydrogens is 418 g/mol. The van der Waals surface area contributed by atoms with Crippen LogP contribution in [0.25, 0.3) is 0 Å².